The second-order valence-electron chi connectivity index (χ2n) is 6.99. The maximum Gasteiger partial charge on any atom is 0.123 e. The van der Waals surface area contributed by atoms with Crippen LogP contribution in [-0.2, 0) is 11.3 Å². The predicted octanol–water partition coefficient (Wildman–Crippen LogP) is 0.554. The minimum Gasteiger partial charge on any atom is -0.389 e. The fourth-order valence-corrected chi connectivity index (χ4v) is 3.67. The van der Waals surface area contributed by atoms with E-state index in [-0.39, 0.29) is 18.0 Å². The van der Waals surface area contributed by atoms with E-state index in [1.54, 1.807) is 23.0 Å². The summed E-state index contributed by atoms with van der Waals surface area (Å²) in [5.74, 6) is -0.300. The van der Waals surface area contributed by atoms with E-state index in [1.165, 1.54) is 12.1 Å². The number of hydrogen-bond acceptors (Lipinski definition) is 6. The van der Waals surface area contributed by atoms with E-state index in [4.69, 9.17) is 4.74 Å². The zero-order chi connectivity index (χ0) is 17.9. The van der Waals surface area contributed by atoms with E-state index < -0.39 is 6.10 Å². The Morgan fingerprint density at radius 3 is 3.00 bits per heavy atom. The van der Waals surface area contributed by atoms with E-state index in [0.717, 1.165) is 25.9 Å². The van der Waals surface area contributed by atoms with Gasteiger partial charge in [-0.1, -0.05) is 17.3 Å². The van der Waals surface area contributed by atoms with Crippen LogP contribution in [0.1, 0.15) is 12.8 Å². The van der Waals surface area contributed by atoms with Gasteiger partial charge in [-0.3, -0.25) is 0 Å². The molecule has 2 aliphatic rings. The Labute approximate surface area is 151 Å². The molecule has 2 saturated heterocycles. The zero-order valence-electron chi connectivity index (χ0n) is 14.5. The lowest BCUT2D eigenvalue weighted by molar-refractivity contribution is 0.0730. The fraction of sp³-hybridized carbons (Fsp3) is 0.556. The topological polar surface area (TPSA) is 84.2 Å². The van der Waals surface area contributed by atoms with Gasteiger partial charge in [-0.15, -0.1) is 5.10 Å². The molecule has 1 aromatic carbocycles. The van der Waals surface area contributed by atoms with E-state index in [1.807, 2.05) is 0 Å². The summed E-state index contributed by atoms with van der Waals surface area (Å²) in [5, 5.41) is 25.5. The van der Waals surface area contributed by atoms with Crippen molar-refractivity contribution in [3.63, 3.8) is 0 Å². The number of nitrogens with zero attached hydrogens (tertiary/aromatic N) is 3. The van der Waals surface area contributed by atoms with Crippen LogP contribution in [0.3, 0.4) is 0 Å². The number of aliphatic hydroxyl groups excluding tert-OH is 1. The quantitative estimate of drug-likeness (QED) is 0.722. The molecule has 2 aliphatic heterocycles. The number of piperidine rings is 1. The number of hydrogen-bond donors (Lipinski definition) is 3. The molecule has 0 unspecified atom stereocenters. The molecule has 1 aromatic heterocycles. The largest absolute Gasteiger partial charge is 0.389 e. The van der Waals surface area contributed by atoms with Crippen LogP contribution in [0.2, 0.25) is 0 Å². The van der Waals surface area contributed by atoms with Crippen LogP contribution >= 0.6 is 0 Å². The van der Waals surface area contributed by atoms with Gasteiger partial charge in [0.1, 0.15) is 11.5 Å². The molecule has 0 aliphatic carbocycles. The zero-order valence-corrected chi connectivity index (χ0v) is 14.5. The van der Waals surface area contributed by atoms with Gasteiger partial charge in [0, 0.05) is 11.6 Å². The van der Waals surface area contributed by atoms with Crippen LogP contribution in [-0.4, -0.2) is 64.1 Å². The average molecular weight is 361 g/mol. The van der Waals surface area contributed by atoms with Gasteiger partial charge in [0.05, 0.1) is 37.6 Å². The van der Waals surface area contributed by atoms with Gasteiger partial charge in [0.25, 0.3) is 0 Å². The molecule has 2 aromatic rings. The first-order chi connectivity index (χ1) is 12.7. The summed E-state index contributed by atoms with van der Waals surface area (Å²) in [6.07, 6.45) is 3.17. The van der Waals surface area contributed by atoms with Crippen molar-refractivity contribution in [1.82, 2.24) is 25.6 Å². The molecule has 4 rings (SSSR count). The summed E-state index contributed by atoms with van der Waals surface area (Å²) in [6.45, 7) is 2.79. The highest BCUT2D eigenvalue weighted by molar-refractivity contribution is 5.57. The van der Waals surface area contributed by atoms with Crippen LogP contribution in [0.5, 0.6) is 0 Å². The molecule has 0 radical (unpaired) electrons. The molecule has 0 saturated carbocycles. The molecule has 0 bridgehead atoms. The smallest absolute Gasteiger partial charge is 0.123 e. The molecule has 26 heavy (non-hydrogen) atoms. The van der Waals surface area contributed by atoms with E-state index >= 15 is 0 Å². The number of halogens is 1. The third-order valence-corrected chi connectivity index (χ3v) is 5.09. The van der Waals surface area contributed by atoms with Gasteiger partial charge >= 0.3 is 0 Å². The third-order valence-electron chi connectivity index (χ3n) is 5.09. The number of aromatic nitrogens is 3. The van der Waals surface area contributed by atoms with Crippen molar-refractivity contribution in [2.45, 2.75) is 43.7 Å². The highest BCUT2D eigenvalue weighted by Crippen LogP contribution is 2.21. The summed E-state index contributed by atoms with van der Waals surface area (Å²) in [6, 6.07) is 6.55. The molecule has 0 spiro atoms. The van der Waals surface area contributed by atoms with E-state index in [9.17, 15) is 9.50 Å². The lowest BCUT2D eigenvalue weighted by atomic mass is 10.0. The Morgan fingerprint density at radius 1 is 1.35 bits per heavy atom. The van der Waals surface area contributed by atoms with Crippen molar-refractivity contribution in [3.8, 4) is 11.3 Å². The Balaban J connectivity index is 1.42. The predicted molar refractivity (Wildman–Crippen MR) is 94.0 cm³/mol. The first-order valence-electron chi connectivity index (χ1n) is 9.11. The molecule has 140 valence electrons. The SMILES string of the molecule is O[C@H]1CO[C@H](Cn2cc(-c3cccc(F)c3)nn2)[C@@H]1NC1CCNCC1. The second-order valence-corrected chi connectivity index (χ2v) is 6.99. The maximum absolute atomic E-state index is 13.4. The van der Waals surface area contributed by atoms with Gasteiger partial charge in [-0.25, -0.2) is 9.07 Å². The molecular formula is C18H24FN5O2. The Hall–Kier alpha value is -1.87. The number of benzene rings is 1. The Morgan fingerprint density at radius 2 is 2.19 bits per heavy atom. The molecule has 3 atom stereocenters. The summed E-state index contributed by atoms with van der Waals surface area (Å²) < 4.78 is 20.9. The van der Waals surface area contributed by atoms with Gasteiger partial charge in [-0.2, -0.15) is 0 Å². The second kappa shape index (κ2) is 7.79. The summed E-state index contributed by atoms with van der Waals surface area (Å²) in [5.41, 5.74) is 1.30. The van der Waals surface area contributed by atoms with Gasteiger partial charge < -0.3 is 20.5 Å². The van der Waals surface area contributed by atoms with Gasteiger partial charge in [-0.05, 0) is 38.1 Å². The monoisotopic (exact) mass is 361 g/mol. The van der Waals surface area contributed by atoms with Crippen molar-refractivity contribution in [2.24, 2.45) is 0 Å². The van der Waals surface area contributed by atoms with E-state index in [0.29, 0.717) is 30.5 Å². The Kier molecular flexibility index (Phi) is 5.26. The highest BCUT2D eigenvalue weighted by atomic mass is 19.1. The molecule has 2 fully saturated rings. The molecule has 3 heterocycles. The van der Waals surface area contributed by atoms with Gasteiger partial charge in [0.2, 0.25) is 0 Å². The Bertz CT molecular complexity index is 734. The van der Waals surface area contributed by atoms with Crippen molar-refractivity contribution < 1.29 is 14.2 Å². The number of nitrogens with one attached hydrogen (secondary N) is 2. The number of aliphatic hydroxyl groups is 1. The van der Waals surface area contributed by atoms with Crippen LogP contribution < -0.4 is 10.6 Å². The van der Waals surface area contributed by atoms with Gasteiger partial charge in [0.15, 0.2) is 0 Å². The molecule has 7 nitrogen and oxygen atoms in total. The van der Waals surface area contributed by atoms with Crippen LogP contribution in [0.25, 0.3) is 11.3 Å². The van der Waals surface area contributed by atoms with E-state index in [2.05, 4.69) is 20.9 Å². The number of rotatable bonds is 5. The maximum atomic E-state index is 13.4. The minimum absolute atomic E-state index is 0.125. The molecule has 0 amide bonds. The highest BCUT2D eigenvalue weighted by Gasteiger charge is 2.37. The third kappa shape index (κ3) is 3.93. The first-order valence-corrected chi connectivity index (χ1v) is 9.11. The lowest BCUT2D eigenvalue weighted by Crippen LogP contribution is -2.52. The summed E-state index contributed by atoms with van der Waals surface area (Å²) >= 11 is 0. The lowest BCUT2D eigenvalue weighted by Gasteiger charge is -2.30. The van der Waals surface area contributed by atoms with Crippen LogP contribution in [0.15, 0.2) is 30.5 Å². The average Bonchev–Trinajstić information content (AvgIpc) is 3.25. The van der Waals surface area contributed by atoms with Crippen molar-refractivity contribution in [3.05, 3.63) is 36.3 Å². The molecule has 8 heteroatoms. The molecule has 3 N–H and O–H groups in total. The minimum atomic E-state index is -0.527. The number of ether oxygens (including phenoxy) is 1. The van der Waals surface area contributed by atoms with Crippen molar-refractivity contribution >= 4 is 0 Å². The van der Waals surface area contributed by atoms with Crippen LogP contribution in [0.4, 0.5) is 4.39 Å². The summed E-state index contributed by atoms with van der Waals surface area (Å²) in [7, 11) is 0. The van der Waals surface area contributed by atoms with Crippen molar-refractivity contribution in [1.29, 1.82) is 0 Å². The van der Waals surface area contributed by atoms with Crippen LogP contribution in [0, 0.1) is 5.82 Å². The first kappa shape index (κ1) is 17.5. The normalized spacial score (nSPS) is 27.1. The fourth-order valence-electron chi connectivity index (χ4n) is 3.67. The standard InChI is InChI=1S/C18H24FN5O2/c19-13-3-1-2-12(8-13)15-9-24(23-22-15)10-17-18(16(25)11-26-17)21-14-4-6-20-7-5-14/h1-3,8-9,14,16-18,20-21,25H,4-7,10-11H2/t16-,17+,18+/m0/s1. The summed E-state index contributed by atoms with van der Waals surface area (Å²) in [4.78, 5) is 0. The van der Waals surface area contributed by atoms with Crippen molar-refractivity contribution in [2.75, 3.05) is 19.7 Å². The molecular weight excluding hydrogens is 337 g/mol.